The van der Waals surface area contributed by atoms with Crippen LogP contribution in [0.1, 0.15) is 60.8 Å². The quantitative estimate of drug-likeness (QED) is 0.384. The van der Waals surface area contributed by atoms with Crippen LogP contribution in [-0.2, 0) is 13.6 Å². The molecule has 4 heteroatoms. The highest BCUT2D eigenvalue weighted by molar-refractivity contribution is 7.54. The average molecular weight is 342 g/mol. The van der Waals surface area contributed by atoms with Crippen molar-refractivity contribution in [1.82, 2.24) is 0 Å². The predicted molar refractivity (Wildman–Crippen MR) is 99.0 cm³/mol. The van der Waals surface area contributed by atoms with Gasteiger partial charge in [0.25, 0.3) is 0 Å². The van der Waals surface area contributed by atoms with Crippen LogP contribution >= 0.6 is 7.60 Å². The van der Waals surface area contributed by atoms with Crippen molar-refractivity contribution in [3.05, 3.63) is 34.9 Å². The fourth-order valence-corrected chi connectivity index (χ4v) is 4.67. The summed E-state index contributed by atoms with van der Waals surface area (Å²) < 4.78 is 23.1. The molecule has 0 atom stereocenters. The minimum absolute atomic E-state index is 0.241. The average Bonchev–Trinajstić information content (AvgIpc) is 2.44. The molecule has 3 nitrogen and oxygen atoms in total. The van der Waals surface area contributed by atoms with Gasteiger partial charge in [-0.05, 0) is 57.9 Å². The molecule has 0 aromatic heterocycles. The second-order valence-corrected chi connectivity index (χ2v) is 8.95. The molecule has 0 spiro atoms. The lowest BCUT2D eigenvalue weighted by Gasteiger charge is -2.33. The normalized spacial score (nSPS) is 19.7. The molecule has 0 amide bonds. The van der Waals surface area contributed by atoms with E-state index in [2.05, 4.69) is 32.9 Å². The third-order valence-corrected chi connectivity index (χ3v) is 6.28. The summed E-state index contributed by atoms with van der Waals surface area (Å²) in [6.45, 7) is 13.4. The van der Waals surface area contributed by atoms with E-state index in [0.29, 0.717) is 19.4 Å². The van der Waals surface area contributed by atoms with Gasteiger partial charge in [-0.1, -0.05) is 43.2 Å². The molecule has 1 rings (SSSR count). The summed E-state index contributed by atoms with van der Waals surface area (Å²) in [4.78, 5) is 0. The lowest BCUT2D eigenvalue weighted by atomic mass is 9.77. The van der Waals surface area contributed by atoms with Crippen LogP contribution in [0.2, 0.25) is 0 Å². The second kappa shape index (κ2) is 9.01. The molecule has 0 aliphatic heterocycles. The molecule has 0 N–H and O–H groups in total. The van der Waals surface area contributed by atoms with Crippen LogP contribution in [0, 0.1) is 5.41 Å². The lowest BCUT2D eigenvalue weighted by molar-refractivity contribution is 0.222. The largest absolute Gasteiger partial charge is 0.334 e. The van der Waals surface area contributed by atoms with Crippen molar-refractivity contribution < 1.29 is 13.6 Å². The number of hydrogen-bond donors (Lipinski definition) is 0. The highest BCUT2D eigenvalue weighted by Gasteiger charge is 2.26. The van der Waals surface area contributed by atoms with Crippen LogP contribution in [0.15, 0.2) is 34.9 Å². The van der Waals surface area contributed by atoms with Gasteiger partial charge in [0.1, 0.15) is 0 Å². The van der Waals surface area contributed by atoms with E-state index in [9.17, 15) is 4.57 Å². The molecule has 1 aliphatic rings. The monoisotopic (exact) mass is 342 g/mol. The molecular formula is C19H33O3P. The van der Waals surface area contributed by atoms with E-state index < -0.39 is 7.60 Å². The van der Waals surface area contributed by atoms with Crippen LogP contribution in [0.5, 0.6) is 0 Å². The smallest absolute Gasteiger partial charge is 0.309 e. The fraction of sp³-hybridized carbons (Fsp3) is 0.684. The first-order valence-corrected chi connectivity index (χ1v) is 10.4. The highest BCUT2D eigenvalue weighted by Crippen LogP contribution is 2.48. The van der Waals surface area contributed by atoms with Crippen molar-refractivity contribution in [2.24, 2.45) is 5.41 Å². The van der Waals surface area contributed by atoms with E-state index in [1.165, 1.54) is 30.4 Å². The minimum atomic E-state index is -2.99. The Morgan fingerprint density at radius 1 is 1.30 bits per heavy atom. The van der Waals surface area contributed by atoms with Gasteiger partial charge in [0.15, 0.2) is 0 Å². The van der Waals surface area contributed by atoms with E-state index in [1.54, 1.807) is 0 Å². The van der Waals surface area contributed by atoms with Crippen LogP contribution < -0.4 is 0 Å². The third kappa shape index (κ3) is 6.41. The molecule has 1 aliphatic carbocycles. The standard InChI is InChI=1S/C19H33O3P/c1-7-21-23(20,22-8-2)15-13-16(3)11-12-18-17(4)10-9-14-19(18,5)6/h11-13H,7-10,14-15H2,1-6H3/b12-11+,16-13+/i12+2. The molecule has 132 valence electrons. The maximum absolute atomic E-state index is 12.5. The van der Waals surface area contributed by atoms with E-state index in [-0.39, 0.29) is 5.41 Å². The summed E-state index contributed by atoms with van der Waals surface area (Å²) in [5, 5.41) is 0. The molecule has 0 saturated heterocycles. The van der Waals surface area contributed by atoms with Gasteiger partial charge in [0, 0.05) is 0 Å². The Morgan fingerprint density at radius 3 is 2.43 bits per heavy atom. The van der Waals surface area contributed by atoms with Crippen molar-refractivity contribution in [3.8, 4) is 0 Å². The van der Waals surface area contributed by atoms with E-state index in [4.69, 9.17) is 9.05 Å². The van der Waals surface area contributed by atoms with Gasteiger partial charge in [0.2, 0.25) is 0 Å². The van der Waals surface area contributed by atoms with Gasteiger partial charge in [-0.3, -0.25) is 4.57 Å². The van der Waals surface area contributed by atoms with Crippen molar-refractivity contribution in [2.75, 3.05) is 19.4 Å². The zero-order chi connectivity index (χ0) is 17.5. The Morgan fingerprint density at radius 2 is 1.91 bits per heavy atom. The zero-order valence-electron chi connectivity index (χ0n) is 15.6. The van der Waals surface area contributed by atoms with E-state index >= 15 is 0 Å². The van der Waals surface area contributed by atoms with Gasteiger partial charge in [-0.15, -0.1) is 0 Å². The summed E-state index contributed by atoms with van der Waals surface area (Å²) in [6.07, 6.45) is 10.3. The number of hydrogen-bond acceptors (Lipinski definition) is 3. The maximum Gasteiger partial charge on any atom is 0.334 e. The lowest BCUT2D eigenvalue weighted by Crippen LogP contribution is -2.19. The molecule has 23 heavy (non-hydrogen) atoms. The van der Waals surface area contributed by atoms with Crippen LogP contribution in [0.4, 0.5) is 0 Å². The molecular weight excluding hydrogens is 309 g/mol. The van der Waals surface area contributed by atoms with Crippen molar-refractivity contribution in [3.63, 3.8) is 0 Å². The Balaban J connectivity index is 2.81. The third-order valence-electron chi connectivity index (χ3n) is 4.34. The van der Waals surface area contributed by atoms with E-state index in [0.717, 1.165) is 5.57 Å². The van der Waals surface area contributed by atoms with Gasteiger partial charge in [0.05, 0.1) is 19.4 Å². The van der Waals surface area contributed by atoms with E-state index in [1.807, 2.05) is 26.8 Å². The summed E-state index contributed by atoms with van der Waals surface area (Å²) in [7, 11) is -2.99. The van der Waals surface area contributed by atoms with Gasteiger partial charge >= 0.3 is 7.60 Å². The predicted octanol–water partition coefficient (Wildman–Crippen LogP) is 6.28. The Kier molecular flexibility index (Phi) is 8.00. The van der Waals surface area contributed by atoms with Gasteiger partial charge < -0.3 is 9.05 Å². The molecule has 0 aromatic rings. The SMILES string of the molecule is CCOP(=O)(C/C=C(C)/C=[14CH]/C1=C(C)CCCC1(C)C)OCC. The molecule has 0 saturated carbocycles. The summed E-state index contributed by atoms with van der Waals surface area (Å²) in [6, 6.07) is 0. The van der Waals surface area contributed by atoms with Crippen LogP contribution in [0.3, 0.4) is 0 Å². The molecule has 0 aromatic carbocycles. The first kappa shape index (κ1) is 20.4. The minimum Gasteiger partial charge on any atom is -0.309 e. The molecule has 0 heterocycles. The topological polar surface area (TPSA) is 35.5 Å². The fourth-order valence-electron chi connectivity index (χ4n) is 3.09. The number of allylic oxidation sites excluding steroid dienone is 6. The maximum atomic E-state index is 12.5. The Hall–Kier alpha value is -0.630. The molecule has 0 fully saturated rings. The van der Waals surface area contributed by atoms with Crippen molar-refractivity contribution in [1.29, 1.82) is 0 Å². The van der Waals surface area contributed by atoms with Crippen molar-refractivity contribution in [2.45, 2.75) is 60.8 Å². The summed E-state index contributed by atoms with van der Waals surface area (Å²) in [5.74, 6) is 0. The molecule has 0 bridgehead atoms. The van der Waals surface area contributed by atoms with Gasteiger partial charge in [-0.25, -0.2) is 0 Å². The second-order valence-electron chi connectivity index (χ2n) is 6.84. The summed E-state index contributed by atoms with van der Waals surface area (Å²) in [5.41, 5.74) is 4.26. The molecule has 0 radical (unpaired) electrons. The van der Waals surface area contributed by atoms with Crippen LogP contribution in [0.25, 0.3) is 0 Å². The molecule has 0 unspecified atom stereocenters. The summed E-state index contributed by atoms with van der Waals surface area (Å²) >= 11 is 0. The highest BCUT2D eigenvalue weighted by atomic mass is 31.2. The first-order chi connectivity index (χ1) is 10.7. The van der Waals surface area contributed by atoms with Gasteiger partial charge in [-0.2, -0.15) is 0 Å². The van der Waals surface area contributed by atoms with Crippen LogP contribution in [-0.4, -0.2) is 19.4 Å². The number of rotatable bonds is 8. The van der Waals surface area contributed by atoms with Crippen molar-refractivity contribution >= 4 is 7.60 Å². The first-order valence-electron chi connectivity index (χ1n) is 8.67. The Bertz CT molecular complexity index is 517. The Labute approximate surface area is 142 Å². The zero-order valence-corrected chi connectivity index (χ0v) is 16.5.